The van der Waals surface area contributed by atoms with Gasteiger partial charge in [-0.05, 0) is 24.1 Å². The van der Waals surface area contributed by atoms with Gasteiger partial charge in [0, 0.05) is 5.56 Å². The molecule has 2 aromatic rings. The topological polar surface area (TPSA) is 50.4 Å². The molecule has 0 atom stereocenters. The number of aliphatic carboxylic acids is 1. The molecule has 0 unspecified atom stereocenters. The third kappa shape index (κ3) is 2.56. The molecular weight excluding hydrogens is 216 g/mol. The molecule has 17 heavy (non-hydrogen) atoms. The quantitative estimate of drug-likeness (QED) is 0.877. The first-order valence-corrected chi connectivity index (χ1v) is 5.59. The maximum Gasteiger partial charge on any atom is 0.311 e. The summed E-state index contributed by atoms with van der Waals surface area (Å²) in [4.78, 5) is 10.6. The highest BCUT2D eigenvalue weighted by Gasteiger charge is 2.10. The van der Waals surface area contributed by atoms with E-state index in [4.69, 9.17) is 9.52 Å². The number of carboxylic acid groups (broad SMARTS) is 1. The lowest BCUT2D eigenvalue weighted by atomic mass is 10.0. The van der Waals surface area contributed by atoms with Crippen LogP contribution in [0.25, 0.3) is 11.3 Å². The van der Waals surface area contributed by atoms with Crippen molar-refractivity contribution in [3.63, 3.8) is 0 Å². The Labute approximate surface area is 99.7 Å². The standard InChI is InChI=1S/C14H14O3/c1-2-10-5-3-4-6-12(10)13-8-7-11(17-13)9-14(15)16/h3-8H,2,9H2,1H3,(H,15,16). The number of rotatable bonds is 4. The van der Waals surface area contributed by atoms with Gasteiger partial charge in [-0.25, -0.2) is 0 Å². The molecule has 3 nitrogen and oxygen atoms in total. The van der Waals surface area contributed by atoms with Crippen molar-refractivity contribution >= 4 is 5.97 Å². The Morgan fingerprint density at radius 1 is 1.24 bits per heavy atom. The van der Waals surface area contributed by atoms with E-state index < -0.39 is 5.97 Å². The first-order valence-electron chi connectivity index (χ1n) is 5.59. The highest BCUT2D eigenvalue weighted by molar-refractivity contribution is 5.70. The molecular formula is C14H14O3. The van der Waals surface area contributed by atoms with Crippen molar-refractivity contribution in [2.24, 2.45) is 0 Å². The maximum atomic E-state index is 10.6. The summed E-state index contributed by atoms with van der Waals surface area (Å²) in [6.45, 7) is 2.08. The number of carboxylic acids is 1. The molecule has 1 heterocycles. The minimum Gasteiger partial charge on any atom is -0.481 e. The van der Waals surface area contributed by atoms with E-state index in [9.17, 15) is 4.79 Å². The minimum atomic E-state index is -0.880. The molecule has 1 aromatic heterocycles. The van der Waals surface area contributed by atoms with E-state index in [1.165, 1.54) is 5.56 Å². The van der Waals surface area contributed by atoms with Crippen molar-refractivity contribution in [3.05, 3.63) is 47.7 Å². The zero-order valence-corrected chi connectivity index (χ0v) is 9.64. The minimum absolute atomic E-state index is 0.0751. The van der Waals surface area contributed by atoms with Crippen LogP contribution in [0.3, 0.4) is 0 Å². The highest BCUT2D eigenvalue weighted by Crippen LogP contribution is 2.26. The van der Waals surface area contributed by atoms with Gasteiger partial charge in [0.15, 0.2) is 0 Å². The lowest BCUT2D eigenvalue weighted by Gasteiger charge is -2.03. The van der Waals surface area contributed by atoms with Crippen LogP contribution in [0.2, 0.25) is 0 Å². The molecule has 88 valence electrons. The number of benzene rings is 1. The molecule has 0 aliphatic heterocycles. The van der Waals surface area contributed by atoms with Crippen LogP contribution >= 0.6 is 0 Å². The molecule has 0 bridgehead atoms. The second-order valence-electron chi connectivity index (χ2n) is 3.85. The van der Waals surface area contributed by atoms with E-state index in [1.54, 1.807) is 6.07 Å². The van der Waals surface area contributed by atoms with E-state index in [1.807, 2.05) is 24.3 Å². The van der Waals surface area contributed by atoms with Crippen LogP contribution < -0.4 is 0 Å². The van der Waals surface area contributed by atoms with Gasteiger partial charge in [-0.15, -0.1) is 0 Å². The second-order valence-corrected chi connectivity index (χ2v) is 3.85. The summed E-state index contributed by atoms with van der Waals surface area (Å²) < 4.78 is 5.54. The summed E-state index contributed by atoms with van der Waals surface area (Å²) in [5.41, 5.74) is 2.23. The molecule has 0 saturated heterocycles. The van der Waals surface area contributed by atoms with Gasteiger partial charge < -0.3 is 9.52 Å². The smallest absolute Gasteiger partial charge is 0.311 e. The lowest BCUT2D eigenvalue weighted by Crippen LogP contribution is -1.97. The van der Waals surface area contributed by atoms with Gasteiger partial charge in [-0.3, -0.25) is 4.79 Å². The first-order chi connectivity index (χ1) is 8.20. The van der Waals surface area contributed by atoms with Crippen molar-refractivity contribution in [1.29, 1.82) is 0 Å². The molecule has 0 amide bonds. The number of carbonyl (C=O) groups is 1. The molecule has 1 aromatic carbocycles. The Morgan fingerprint density at radius 3 is 2.71 bits per heavy atom. The van der Waals surface area contributed by atoms with E-state index in [0.717, 1.165) is 17.7 Å². The van der Waals surface area contributed by atoms with Crippen LogP contribution in [0, 0.1) is 0 Å². The lowest BCUT2D eigenvalue weighted by molar-refractivity contribution is -0.136. The Bertz CT molecular complexity index is 526. The molecule has 3 heteroatoms. The Hall–Kier alpha value is -2.03. The number of hydrogen-bond acceptors (Lipinski definition) is 2. The fourth-order valence-corrected chi connectivity index (χ4v) is 1.84. The molecule has 0 aliphatic carbocycles. The molecule has 1 N–H and O–H groups in total. The first kappa shape index (κ1) is 11.5. The molecule has 0 radical (unpaired) electrons. The molecule has 0 aliphatic rings. The maximum absolute atomic E-state index is 10.6. The Kier molecular flexibility index (Phi) is 3.28. The highest BCUT2D eigenvalue weighted by atomic mass is 16.4. The second kappa shape index (κ2) is 4.87. The van der Waals surface area contributed by atoms with Crippen LogP contribution in [0.15, 0.2) is 40.8 Å². The van der Waals surface area contributed by atoms with Gasteiger partial charge in [0.2, 0.25) is 0 Å². The van der Waals surface area contributed by atoms with E-state index in [-0.39, 0.29) is 6.42 Å². The summed E-state index contributed by atoms with van der Waals surface area (Å²) in [6, 6.07) is 11.5. The fourth-order valence-electron chi connectivity index (χ4n) is 1.84. The van der Waals surface area contributed by atoms with E-state index in [2.05, 4.69) is 13.0 Å². The number of aryl methyl sites for hydroxylation is 1. The normalized spacial score (nSPS) is 10.4. The van der Waals surface area contributed by atoms with Gasteiger partial charge in [0.1, 0.15) is 17.9 Å². The summed E-state index contributed by atoms with van der Waals surface area (Å²) in [6.07, 6.45) is 0.847. The summed E-state index contributed by atoms with van der Waals surface area (Å²) in [5.74, 6) is 0.340. The zero-order valence-electron chi connectivity index (χ0n) is 9.64. The summed E-state index contributed by atoms with van der Waals surface area (Å²) in [7, 11) is 0. The van der Waals surface area contributed by atoms with Crippen LogP contribution in [0.4, 0.5) is 0 Å². The van der Waals surface area contributed by atoms with E-state index in [0.29, 0.717) is 5.76 Å². The molecule has 0 fully saturated rings. The third-order valence-electron chi connectivity index (χ3n) is 2.65. The Morgan fingerprint density at radius 2 is 2.00 bits per heavy atom. The van der Waals surface area contributed by atoms with Gasteiger partial charge in [-0.1, -0.05) is 31.2 Å². The number of furan rings is 1. The molecule has 0 saturated carbocycles. The van der Waals surface area contributed by atoms with E-state index >= 15 is 0 Å². The molecule has 0 spiro atoms. The predicted octanol–water partition coefficient (Wildman–Crippen LogP) is 3.14. The third-order valence-corrected chi connectivity index (χ3v) is 2.65. The van der Waals surface area contributed by atoms with Crippen LogP contribution in [-0.2, 0) is 17.6 Å². The van der Waals surface area contributed by atoms with Crippen molar-refractivity contribution in [3.8, 4) is 11.3 Å². The summed E-state index contributed by atoms with van der Waals surface area (Å²) >= 11 is 0. The average molecular weight is 230 g/mol. The van der Waals surface area contributed by atoms with Crippen molar-refractivity contribution in [2.45, 2.75) is 19.8 Å². The van der Waals surface area contributed by atoms with Crippen molar-refractivity contribution in [2.75, 3.05) is 0 Å². The largest absolute Gasteiger partial charge is 0.481 e. The predicted molar refractivity (Wildman–Crippen MR) is 64.9 cm³/mol. The summed E-state index contributed by atoms with van der Waals surface area (Å²) in [5, 5.41) is 8.69. The van der Waals surface area contributed by atoms with Crippen LogP contribution in [0.1, 0.15) is 18.2 Å². The SMILES string of the molecule is CCc1ccccc1-c1ccc(CC(=O)O)o1. The van der Waals surface area contributed by atoms with Crippen LogP contribution in [-0.4, -0.2) is 11.1 Å². The molecule has 2 rings (SSSR count). The zero-order chi connectivity index (χ0) is 12.3. The van der Waals surface area contributed by atoms with Gasteiger partial charge in [0.25, 0.3) is 0 Å². The fraction of sp³-hybridized carbons (Fsp3) is 0.214. The van der Waals surface area contributed by atoms with Crippen molar-refractivity contribution < 1.29 is 14.3 Å². The van der Waals surface area contributed by atoms with Gasteiger partial charge in [0.05, 0.1) is 0 Å². The van der Waals surface area contributed by atoms with Gasteiger partial charge >= 0.3 is 5.97 Å². The van der Waals surface area contributed by atoms with Crippen molar-refractivity contribution in [1.82, 2.24) is 0 Å². The monoisotopic (exact) mass is 230 g/mol. The number of hydrogen-bond donors (Lipinski definition) is 1. The Balaban J connectivity index is 2.33. The van der Waals surface area contributed by atoms with Crippen LogP contribution in [0.5, 0.6) is 0 Å². The van der Waals surface area contributed by atoms with Gasteiger partial charge in [-0.2, -0.15) is 0 Å². The average Bonchev–Trinajstić information content (AvgIpc) is 2.76.